The SMILES string of the molecule is C[C@H](c1ccccc1)n1cc[n+](C)c1. The fourth-order valence-corrected chi connectivity index (χ4v) is 1.60. The Labute approximate surface area is 84.4 Å². The van der Waals surface area contributed by atoms with E-state index in [0.29, 0.717) is 6.04 Å². The lowest BCUT2D eigenvalue weighted by Gasteiger charge is -2.07. The van der Waals surface area contributed by atoms with E-state index in [2.05, 4.69) is 59.0 Å². The van der Waals surface area contributed by atoms with Gasteiger partial charge >= 0.3 is 0 Å². The van der Waals surface area contributed by atoms with Crippen molar-refractivity contribution >= 4 is 0 Å². The Kier molecular flexibility index (Phi) is 2.35. The first-order valence-corrected chi connectivity index (χ1v) is 4.85. The zero-order chi connectivity index (χ0) is 9.97. The molecule has 2 nitrogen and oxygen atoms in total. The van der Waals surface area contributed by atoms with Crippen LogP contribution in [0.15, 0.2) is 49.1 Å². The fraction of sp³-hybridized carbons (Fsp3) is 0.250. The average Bonchev–Trinajstić information content (AvgIpc) is 2.65. The molecular formula is C12H15N2+. The number of aromatic nitrogens is 2. The van der Waals surface area contributed by atoms with E-state index in [1.165, 1.54) is 5.56 Å². The molecule has 1 aromatic heterocycles. The summed E-state index contributed by atoms with van der Waals surface area (Å²) in [6.07, 6.45) is 6.24. The molecule has 0 bridgehead atoms. The van der Waals surface area contributed by atoms with Crippen LogP contribution in [0.3, 0.4) is 0 Å². The standard InChI is InChI=1S/C12H15N2/c1-11(12-6-4-3-5-7-12)14-9-8-13(2)10-14/h3-11H,1-2H3/q+1/t11-/m1/s1. The molecule has 2 heteroatoms. The number of benzene rings is 1. The molecular weight excluding hydrogens is 172 g/mol. The van der Waals surface area contributed by atoms with Crippen molar-refractivity contribution in [3.05, 3.63) is 54.6 Å². The molecule has 0 unspecified atom stereocenters. The Morgan fingerprint density at radius 1 is 1.21 bits per heavy atom. The molecule has 1 heterocycles. The molecule has 2 rings (SSSR count). The van der Waals surface area contributed by atoms with Gasteiger partial charge in [0.1, 0.15) is 18.4 Å². The monoisotopic (exact) mass is 187 g/mol. The van der Waals surface area contributed by atoms with Crippen LogP contribution < -0.4 is 4.57 Å². The predicted molar refractivity (Wildman–Crippen MR) is 55.9 cm³/mol. The summed E-state index contributed by atoms with van der Waals surface area (Å²) in [5, 5.41) is 0. The third-order valence-corrected chi connectivity index (χ3v) is 2.52. The first kappa shape index (κ1) is 9.00. The molecule has 0 fully saturated rings. The first-order valence-electron chi connectivity index (χ1n) is 4.85. The minimum Gasteiger partial charge on any atom is -0.240 e. The van der Waals surface area contributed by atoms with Crippen LogP contribution in [0, 0.1) is 0 Å². The molecule has 0 aliphatic carbocycles. The summed E-state index contributed by atoms with van der Waals surface area (Å²) >= 11 is 0. The summed E-state index contributed by atoms with van der Waals surface area (Å²) in [6, 6.07) is 10.9. The molecule has 0 saturated heterocycles. The minimum absolute atomic E-state index is 0.400. The Balaban J connectivity index is 2.29. The van der Waals surface area contributed by atoms with Crippen LogP contribution in [-0.4, -0.2) is 4.57 Å². The van der Waals surface area contributed by atoms with Crippen LogP contribution in [0.1, 0.15) is 18.5 Å². The van der Waals surface area contributed by atoms with E-state index in [9.17, 15) is 0 Å². The Hall–Kier alpha value is -1.57. The molecule has 0 saturated carbocycles. The number of nitrogens with zero attached hydrogens (tertiary/aromatic N) is 2. The van der Waals surface area contributed by atoms with E-state index in [1.54, 1.807) is 0 Å². The molecule has 1 atom stereocenters. The Morgan fingerprint density at radius 3 is 2.50 bits per heavy atom. The molecule has 0 radical (unpaired) electrons. The predicted octanol–water partition coefficient (Wildman–Crippen LogP) is 1.92. The van der Waals surface area contributed by atoms with Gasteiger partial charge in [0, 0.05) is 0 Å². The maximum Gasteiger partial charge on any atom is 0.244 e. The van der Waals surface area contributed by atoms with Crippen molar-refractivity contribution < 1.29 is 4.57 Å². The Morgan fingerprint density at radius 2 is 1.93 bits per heavy atom. The third-order valence-electron chi connectivity index (χ3n) is 2.52. The van der Waals surface area contributed by atoms with Gasteiger partial charge in [-0.05, 0) is 12.5 Å². The number of hydrogen-bond donors (Lipinski definition) is 0. The van der Waals surface area contributed by atoms with Gasteiger partial charge < -0.3 is 0 Å². The average molecular weight is 187 g/mol. The van der Waals surface area contributed by atoms with Crippen molar-refractivity contribution in [2.75, 3.05) is 0 Å². The molecule has 2 aromatic rings. The highest BCUT2D eigenvalue weighted by Gasteiger charge is 2.11. The second-order valence-electron chi connectivity index (χ2n) is 3.61. The van der Waals surface area contributed by atoms with Crippen molar-refractivity contribution in [3.63, 3.8) is 0 Å². The van der Waals surface area contributed by atoms with Gasteiger partial charge in [-0.25, -0.2) is 9.13 Å². The fourth-order valence-electron chi connectivity index (χ4n) is 1.60. The molecule has 1 aromatic carbocycles. The van der Waals surface area contributed by atoms with Crippen LogP contribution in [0.5, 0.6) is 0 Å². The van der Waals surface area contributed by atoms with E-state index in [1.807, 2.05) is 13.1 Å². The van der Waals surface area contributed by atoms with Gasteiger partial charge in [0.15, 0.2) is 0 Å². The van der Waals surface area contributed by atoms with Gasteiger partial charge in [-0.2, -0.15) is 0 Å². The molecule has 0 amide bonds. The minimum atomic E-state index is 0.400. The quantitative estimate of drug-likeness (QED) is 0.635. The summed E-state index contributed by atoms with van der Waals surface area (Å²) in [7, 11) is 2.04. The van der Waals surface area contributed by atoms with E-state index >= 15 is 0 Å². The summed E-state index contributed by atoms with van der Waals surface area (Å²) in [4.78, 5) is 0. The number of aryl methyl sites for hydroxylation is 1. The second kappa shape index (κ2) is 3.66. The highest BCUT2D eigenvalue weighted by Crippen LogP contribution is 2.15. The van der Waals surface area contributed by atoms with Crippen molar-refractivity contribution in [3.8, 4) is 0 Å². The van der Waals surface area contributed by atoms with Gasteiger partial charge in [-0.15, -0.1) is 0 Å². The van der Waals surface area contributed by atoms with Crippen molar-refractivity contribution in [1.82, 2.24) is 4.57 Å². The molecule has 0 spiro atoms. The topological polar surface area (TPSA) is 8.81 Å². The van der Waals surface area contributed by atoms with E-state index < -0.39 is 0 Å². The van der Waals surface area contributed by atoms with Crippen LogP contribution in [0.2, 0.25) is 0 Å². The van der Waals surface area contributed by atoms with Crippen molar-refractivity contribution in [2.24, 2.45) is 7.05 Å². The Bertz CT molecular complexity index is 403. The van der Waals surface area contributed by atoms with Crippen molar-refractivity contribution in [1.29, 1.82) is 0 Å². The van der Waals surface area contributed by atoms with Gasteiger partial charge in [0.2, 0.25) is 6.33 Å². The van der Waals surface area contributed by atoms with Crippen LogP contribution in [0.4, 0.5) is 0 Å². The number of hydrogen-bond acceptors (Lipinski definition) is 0. The van der Waals surface area contributed by atoms with Gasteiger partial charge in [0.25, 0.3) is 0 Å². The van der Waals surface area contributed by atoms with Crippen LogP contribution in [0.25, 0.3) is 0 Å². The largest absolute Gasteiger partial charge is 0.244 e. The lowest BCUT2D eigenvalue weighted by molar-refractivity contribution is -0.671. The van der Waals surface area contributed by atoms with Crippen LogP contribution >= 0.6 is 0 Å². The highest BCUT2D eigenvalue weighted by molar-refractivity contribution is 5.18. The van der Waals surface area contributed by atoms with E-state index in [0.717, 1.165) is 0 Å². The molecule has 72 valence electrons. The normalized spacial score (nSPS) is 12.7. The summed E-state index contributed by atoms with van der Waals surface area (Å²) in [5.74, 6) is 0. The lowest BCUT2D eigenvalue weighted by atomic mass is 10.1. The van der Waals surface area contributed by atoms with E-state index in [4.69, 9.17) is 0 Å². The molecule has 14 heavy (non-hydrogen) atoms. The summed E-state index contributed by atoms with van der Waals surface area (Å²) < 4.78 is 4.26. The highest BCUT2D eigenvalue weighted by atomic mass is 15.1. The number of rotatable bonds is 2. The number of imidazole rings is 1. The zero-order valence-corrected chi connectivity index (χ0v) is 8.59. The summed E-state index contributed by atoms with van der Waals surface area (Å²) in [6.45, 7) is 2.20. The summed E-state index contributed by atoms with van der Waals surface area (Å²) in [5.41, 5.74) is 1.34. The van der Waals surface area contributed by atoms with Gasteiger partial charge in [0.05, 0.1) is 7.05 Å². The van der Waals surface area contributed by atoms with Gasteiger partial charge in [-0.1, -0.05) is 30.3 Å². The van der Waals surface area contributed by atoms with Gasteiger partial charge in [-0.3, -0.25) is 0 Å². The molecule has 0 aliphatic rings. The zero-order valence-electron chi connectivity index (χ0n) is 8.59. The molecule has 0 N–H and O–H groups in total. The maximum absolute atomic E-state index is 2.20. The first-order chi connectivity index (χ1) is 6.77. The van der Waals surface area contributed by atoms with E-state index in [-0.39, 0.29) is 0 Å². The van der Waals surface area contributed by atoms with Crippen molar-refractivity contribution in [2.45, 2.75) is 13.0 Å². The smallest absolute Gasteiger partial charge is 0.240 e. The third kappa shape index (κ3) is 1.69. The maximum atomic E-state index is 2.20. The lowest BCUT2D eigenvalue weighted by Crippen LogP contribution is -2.24. The second-order valence-corrected chi connectivity index (χ2v) is 3.61. The molecule has 0 aliphatic heterocycles. The van der Waals surface area contributed by atoms with Crippen LogP contribution in [-0.2, 0) is 7.05 Å².